The maximum atomic E-state index is 13.1. The van der Waals surface area contributed by atoms with Crippen LogP contribution in [0.1, 0.15) is 19.3 Å². The van der Waals surface area contributed by atoms with Gasteiger partial charge in [0.05, 0.1) is 11.1 Å². The van der Waals surface area contributed by atoms with Crippen molar-refractivity contribution in [2.24, 2.45) is 11.8 Å². The van der Waals surface area contributed by atoms with Gasteiger partial charge in [-0.1, -0.05) is 18.0 Å². The Balaban J connectivity index is 1.69. The van der Waals surface area contributed by atoms with Gasteiger partial charge < -0.3 is 10.6 Å². The Hall–Kier alpha value is -1.13. The molecule has 3 atom stereocenters. The summed E-state index contributed by atoms with van der Waals surface area (Å²) >= 11 is 5.70. The zero-order valence-electron chi connectivity index (χ0n) is 10.5. The predicted octanol–water partition coefficient (Wildman–Crippen LogP) is 2.81. The third-order valence-electron chi connectivity index (χ3n) is 4.22. The molecule has 0 aromatic heterocycles. The minimum Gasteiger partial charge on any atom is -0.325 e. The van der Waals surface area contributed by atoms with E-state index >= 15 is 0 Å². The largest absolute Gasteiger partial charge is 0.325 e. The molecule has 1 aromatic rings. The Morgan fingerprint density at radius 1 is 1.42 bits per heavy atom. The highest BCUT2D eigenvalue weighted by Crippen LogP contribution is 2.38. The van der Waals surface area contributed by atoms with Crippen LogP contribution in [0.3, 0.4) is 0 Å². The Labute approximate surface area is 116 Å². The summed E-state index contributed by atoms with van der Waals surface area (Å²) in [6.07, 6.45) is 3.53. The molecule has 0 spiro atoms. The number of amides is 1. The minimum absolute atomic E-state index is 0.0240. The molecule has 3 rings (SSSR count). The molecule has 2 fully saturated rings. The molecule has 1 aromatic carbocycles. The quantitative estimate of drug-likeness (QED) is 0.876. The third-order valence-corrected chi connectivity index (χ3v) is 4.51. The van der Waals surface area contributed by atoms with Crippen LogP contribution in [0.5, 0.6) is 0 Å². The van der Waals surface area contributed by atoms with Crippen molar-refractivity contribution in [2.75, 3.05) is 11.9 Å². The molecule has 0 bridgehead atoms. The average molecular weight is 283 g/mol. The van der Waals surface area contributed by atoms with Gasteiger partial charge in [0.15, 0.2) is 0 Å². The van der Waals surface area contributed by atoms with E-state index in [9.17, 15) is 9.18 Å². The fourth-order valence-electron chi connectivity index (χ4n) is 3.27. The van der Waals surface area contributed by atoms with Gasteiger partial charge in [0.25, 0.3) is 0 Å². The van der Waals surface area contributed by atoms with Gasteiger partial charge in [0.1, 0.15) is 5.82 Å². The van der Waals surface area contributed by atoms with Gasteiger partial charge in [0, 0.05) is 5.69 Å². The summed E-state index contributed by atoms with van der Waals surface area (Å²) in [5.41, 5.74) is 0.541. The Kier molecular flexibility index (Phi) is 3.46. The highest BCUT2D eigenvalue weighted by Gasteiger charge is 2.42. The summed E-state index contributed by atoms with van der Waals surface area (Å²) in [6, 6.07) is 4.10. The highest BCUT2D eigenvalue weighted by atomic mass is 35.5. The van der Waals surface area contributed by atoms with Crippen molar-refractivity contribution in [2.45, 2.75) is 25.3 Å². The van der Waals surface area contributed by atoms with Crippen LogP contribution in [0, 0.1) is 17.7 Å². The van der Waals surface area contributed by atoms with E-state index in [4.69, 9.17) is 11.6 Å². The molecule has 0 radical (unpaired) electrons. The number of carbonyl (C=O) groups excluding carboxylic acids is 1. The summed E-state index contributed by atoms with van der Waals surface area (Å²) in [7, 11) is 0. The number of nitrogens with one attached hydrogen (secondary N) is 2. The van der Waals surface area contributed by atoms with Gasteiger partial charge in [-0.05, 0) is 49.4 Å². The first-order valence-electron chi connectivity index (χ1n) is 6.64. The molecular weight excluding hydrogens is 267 g/mol. The summed E-state index contributed by atoms with van der Waals surface area (Å²) in [4.78, 5) is 12.2. The van der Waals surface area contributed by atoms with Gasteiger partial charge in [-0.2, -0.15) is 0 Å². The fourth-order valence-corrected chi connectivity index (χ4v) is 3.45. The SMILES string of the molecule is O=C(Nc1ccc(F)c(Cl)c1)C1NCC2CCCC21. The van der Waals surface area contributed by atoms with Crippen LogP contribution in [-0.4, -0.2) is 18.5 Å². The van der Waals surface area contributed by atoms with E-state index in [2.05, 4.69) is 10.6 Å². The third kappa shape index (κ3) is 2.47. The second-order valence-electron chi connectivity index (χ2n) is 5.36. The number of benzene rings is 1. The van der Waals surface area contributed by atoms with Gasteiger partial charge in [0.2, 0.25) is 5.91 Å². The number of fused-ring (bicyclic) bond motifs is 1. The molecule has 1 saturated carbocycles. The number of rotatable bonds is 2. The molecule has 1 aliphatic heterocycles. The van der Waals surface area contributed by atoms with Gasteiger partial charge in [-0.15, -0.1) is 0 Å². The lowest BCUT2D eigenvalue weighted by Gasteiger charge is -2.17. The van der Waals surface area contributed by atoms with Crippen LogP contribution < -0.4 is 10.6 Å². The smallest absolute Gasteiger partial charge is 0.241 e. The Bertz CT molecular complexity index is 508. The van der Waals surface area contributed by atoms with E-state index < -0.39 is 5.82 Å². The van der Waals surface area contributed by atoms with Crippen LogP contribution in [0.25, 0.3) is 0 Å². The maximum absolute atomic E-state index is 13.1. The van der Waals surface area contributed by atoms with Crippen LogP contribution in [0.2, 0.25) is 5.02 Å². The monoisotopic (exact) mass is 282 g/mol. The average Bonchev–Trinajstić information content (AvgIpc) is 2.95. The first-order chi connectivity index (χ1) is 9.15. The minimum atomic E-state index is -0.477. The molecule has 1 saturated heterocycles. The Morgan fingerprint density at radius 3 is 3.05 bits per heavy atom. The summed E-state index contributed by atoms with van der Waals surface area (Å²) in [5, 5.41) is 6.12. The molecule has 2 aliphatic rings. The summed E-state index contributed by atoms with van der Waals surface area (Å²) in [6.45, 7) is 0.924. The lowest BCUT2D eigenvalue weighted by atomic mass is 9.93. The summed E-state index contributed by atoms with van der Waals surface area (Å²) < 4.78 is 13.1. The molecule has 1 aliphatic carbocycles. The molecule has 5 heteroatoms. The van der Waals surface area contributed by atoms with E-state index in [1.807, 2.05) is 0 Å². The maximum Gasteiger partial charge on any atom is 0.241 e. The van der Waals surface area contributed by atoms with E-state index in [0.29, 0.717) is 17.5 Å². The van der Waals surface area contributed by atoms with Crippen LogP contribution in [-0.2, 0) is 4.79 Å². The second kappa shape index (κ2) is 5.10. The molecule has 1 heterocycles. The van der Waals surface area contributed by atoms with E-state index in [0.717, 1.165) is 13.0 Å². The van der Waals surface area contributed by atoms with Crippen molar-refractivity contribution in [3.63, 3.8) is 0 Å². The second-order valence-corrected chi connectivity index (χ2v) is 5.77. The van der Waals surface area contributed by atoms with E-state index in [-0.39, 0.29) is 17.0 Å². The van der Waals surface area contributed by atoms with Crippen LogP contribution in [0.4, 0.5) is 10.1 Å². The van der Waals surface area contributed by atoms with Gasteiger partial charge in [-0.25, -0.2) is 4.39 Å². The van der Waals surface area contributed by atoms with E-state index in [1.165, 1.54) is 31.0 Å². The number of halogens is 2. The summed E-state index contributed by atoms with van der Waals surface area (Å²) in [5.74, 6) is 0.551. The first kappa shape index (κ1) is 12.9. The molecular formula is C14H16ClFN2O. The van der Waals surface area contributed by atoms with Crippen LogP contribution in [0.15, 0.2) is 18.2 Å². The topological polar surface area (TPSA) is 41.1 Å². The molecule has 102 valence electrons. The zero-order chi connectivity index (χ0) is 13.4. The highest BCUT2D eigenvalue weighted by molar-refractivity contribution is 6.31. The first-order valence-corrected chi connectivity index (χ1v) is 7.02. The fraction of sp³-hybridized carbons (Fsp3) is 0.500. The van der Waals surface area contributed by atoms with Crippen molar-refractivity contribution < 1.29 is 9.18 Å². The Morgan fingerprint density at radius 2 is 2.26 bits per heavy atom. The van der Waals surface area contributed by atoms with Gasteiger partial charge in [-0.3, -0.25) is 4.79 Å². The van der Waals surface area contributed by atoms with Crippen molar-refractivity contribution in [1.29, 1.82) is 0 Å². The lowest BCUT2D eigenvalue weighted by molar-refractivity contribution is -0.118. The van der Waals surface area contributed by atoms with Gasteiger partial charge >= 0.3 is 0 Å². The lowest BCUT2D eigenvalue weighted by Crippen LogP contribution is -2.39. The number of carbonyl (C=O) groups is 1. The number of anilines is 1. The predicted molar refractivity (Wildman–Crippen MR) is 72.7 cm³/mol. The van der Waals surface area contributed by atoms with Crippen molar-refractivity contribution >= 4 is 23.2 Å². The molecule has 19 heavy (non-hydrogen) atoms. The number of hydrogen-bond donors (Lipinski definition) is 2. The number of hydrogen-bond acceptors (Lipinski definition) is 2. The zero-order valence-corrected chi connectivity index (χ0v) is 11.2. The van der Waals surface area contributed by atoms with Crippen LogP contribution >= 0.6 is 11.6 Å². The standard InChI is InChI=1S/C14H16ClFN2O/c15-11-6-9(4-5-12(11)16)18-14(19)13-10-3-1-2-8(10)7-17-13/h4-6,8,10,13,17H,1-3,7H2,(H,18,19). The van der Waals surface area contributed by atoms with Crippen molar-refractivity contribution in [1.82, 2.24) is 5.32 Å². The molecule has 1 amide bonds. The van der Waals surface area contributed by atoms with Crippen molar-refractivity contribution in [3.8, 4) is 0 Å². The normalized spacial score (nSPS) is 29.3. The van der Waals surface area contributed by atoms with Crippen molar-refractivity contribution in [3.05, 3.63) is 29.0 Å². The molecule has 2 N–H and O–H groups in total. The molecule has 3 nitrogen and oxygen atoms in total. The molecule has 3 unspecified atom stereocenters. The van der Waals surface area contributed by atoms with E-state index in [1.54, 1.807) is 0 Å².